The lowest BCUT2D eigenvalue weighted by Crippen LogP contribution is -2.48. The molecule has 2 rings (SSSR count). The third kappa shape index (κ3) is 2.28. The van der Waals surface area contributed by atoms with Crippen molar-refractivity contribution in [1.82, 2.24) is 20.0 Å². The second-order valence-electron chi connectivity index (χ2n) is 4.86. The lowest BCUT2D eigenvalue weighted by atomic mass is 10.1. The van der Waals surface area contributed by atoms with Gasteiger partial charge in [-0.3, -0.25) is 9.58 Å². The summed E-state index contributed by atoms with van der Waals surface area (Å²) >= 11 is 0. The van der Waals surface area contributed by atoms with Crippen LogP contribution in [0.4, 0.5) is 0 Å². The SMILES string of the molecule is Cc1nn(C)c(C)c1CN1CCNC(C)C1. The van der Waals surface area contributed by atoms with Gasteiger partial charge in [-0.25, -0.2) is 0 Å². The lowest BCUT2D eigenvalue weighted by molar-refractivity contribution is 0.199. The monoisotopic (exact) mass is 222 g/mol. The molecule has 1 aromatic rings. The van der Waals surface area contributed by atoms with Gasteiger partial charge in [-0.1, -0.05) is 0 Å². The van der Waals surface area contributed by atoms with E-state index in [0.717, 1.165) is 26.2 Å². The van der Waals surface area contributed by atoms with Crippen molar-refractivity contribution in [2.75, 3.05) is 19.6 Å². The first kappa shape index (κ1) is 11.6. The first-order chi connectivity index (χ1) is 7.58. The van der Waals surface area contributed by atoms with Crippen LogP contribution in [0.15, 0.2) is 0 Å². The van der Waals surface area contributed by atoms with Crippen LogP contribution in [-0.2, 0) is 13.6 Å². The van der Waals surface area contributed by atoms with Crippen molar-refractivity contribution in [1.29, 1.82) is 0 Å². The van der Waals surface area contributed by atoms with Crippen molar-refractivity contribution < 1.29 is 0 Å². The Morgan fingerprint density at radius 2 is 2.19 bits per heavy atom. The molecule has 0 spiro atoms. The normalized spacial score (nSPS) is 22.6. The van der Waals surface area contributed by atoms with E-state index < -0.39 is 0 Å². The van der Waals surface area contributed by atoms with Crippen LogP contribution < -0.4 is 5.32 Å². The van der Waals surface area contributed by atoms with Crippen LogP contribution in [0.25, 0.3) is 0 Å². The van der Waals surface area contributed by atoms with Gasteiger partial charge in [0.05, 0.1) is 5.69 Å². The highest BCUT2D eigenvalue weighted by Crippen LogP contribution is 2.15. The molecule has 0 aromatic carbocycles. The molecule has 4 nitrogen and oxygen atoms in total. The minimum Gasteiger partial charge on any atom is -0.312 e. The number of hydrogen-bond acceptors (Lipinski definition) is 3. The quantitative estimate of drug-likeness (QED) is 0.804. The van der Waals surface area contributed by atoms with Crippen LogP contribution in [0.3, 0.4) is 0 Å². The first-order valence-electron chi connectivity index (χ1n) is 6.02. The average Bonchev–Trinajstić information content (AvgIpc) is 2.45. The minimum atomic E-state index is 0.603. The maximum Gasteiger partial charge on any atom is 0.0641 e. The van der Waals surface area contributed by atoms with Crippen molar-refractivity contribution >= 4 is 0 Å². The fraction of sp³-hybridized carbons (Fsp3) is 0.750. The van der Waals surface area contributed by atoms with E-state index >= 15 is 0 Å². The van der Waals surface area contributed by atoms with Crippen LogP contribution in [0, 0.1) is 13.8 Å². The van der Waals surface area contributed by atoms with E-state index in [-0.39, 0.29) is 0 Å². The molecule has 4 heteroatoms. The van der Waals surface area contributed by atoms with Crippen LogP contribution >= 0.6 is 0 Å². The highest BCUT2D eigenvalue weighted by atomic mass is 15.3. The van der Waals surface area contributed by atoms with E-state index in [0.29, 0.717) is 6.04 Å². The van der Waals surface area contributed by atoms with E-state index in [2.05, 4.69) is 36.1 Å². The highest BCUT2D eigenvalue weighted by molar-refractivity contribution is 5.24. The number of aromatic nitrogens is 2. The Kier molecular flexibility index (Phi) is 3.30. The van der Waals surface area contributed by atoms with Gasteiger partial charge >= 0.3 is 0 Å². The molecule has 1 fully saturated rings. The summed E-state index contributed by atoms with van der Waals surface area (Å²) in [6.45, 7) is 10.9. The molecular formula is C12H22N4. The Balaban J connectivity index is 2.08. The van der Waals surface area contributed by atoms with Crippen LogP contribution in [0.1, 0.15) is 23.9 Å². The summed E-state index contributed by atoms with van der Waals surface area (Å²) in [7, 11) is 2.02. The predicted octanol–water partition coefficient (Wildman–Crippen LogP) is 0.831. The van der Waals surface area contributed by atoms with E-state index in [1.807, 2.05) is 11.7 Å². The maximum absolute atomic E-state index is 4.47. The number of nitrogens with zero attached hydrogens (tertiary/aromatic N) is 3. The zero-order chi connectivity index (χ0) is 11.7. The van der Waals surface area contributed by atoms with Gasteiger partial charge in [0.2, 0.25) is 0 Å². The summed E-state index contributed by atoms with van der Waals surface area (Å²) in [6.07, 6.45) is 0. The Morgan fingerprint density at radius 1 is 1.44 bits per heavy atom. The Labute approximate surface area is 97.6 Å². The number of rotatable bonds is 2. The van der Waals surface area contributed by atoms with Crippen LogP contribution in [-0.4, -0.2) is 40.4 Å². The lowest BCUT2D eigenvalue weighted by Gasteiger charge is -2.31. The van der Waals surface area contributed by atoms with E-state index in [1.54, 1.807) is 0 Å². The molecule has 0 amide bonds. The van der Waals surface area contributed by atoms with Gasteiger partial charge < -0.3 is 5.32 Å². The predicted molar refractivity (Wildman–Crippen MR) is 65.4 cm³/mol. The van der Waals surface area contributed by atoms with E-state index in [1.165, 1.54) is 17.0 Å². The average molecular weight is 222 g/mol. The van der Waals surface area contributed by atoms with Gasteiger partial charge in [0, 0.05) is 50.5 Å². The van der Waals surface area contributed by atoms with Crippen LogP contribution in [0.5, 0.6) is 0 Å². The second kappa shape index (κ2) is 4.55. The van der Waals surface area contributed by atoms with Crippen molar-refractivity contribution in [3.8, 4) is 0 Å². The number of aryl methyl sites for hydroxylation is 2. The van der Waals surface area contributed by atoms with E-state index in [9.17, 15) is 0 Å². The summed E-state index contributed by atoms with van der Waals surface area (Å²) in [5.74, 6) is 0. The van der Waals surface area contributed by atoms with Gasteiger partial charge in [-0.05, 0) is 20.8 Å². The molecule has 1 N–H and O–H groups in total. The molecule has 1 aliphatic heterocycles. The molecule has 1 aromatic heterocycles. The van der Waals surface area contributed by atoms with Gasteiger partial charge in [0.15, 0.2) is 0 Å². The van der Waals surface area contributed by atoms with Gasteiger partial charge in [0.1, 0.15) is 0 Å². The summed E-state index contributed by atoms with van der Waals surface area (Å²) in [5.41, 5.74) is 3.87. The molecule has 1 aliphatic rings. The largest absolute Gasteiger partial charge is 0.312 e. The van der Waals surface area contributed by atoms with Crippen molar-refractivity contribution in [3.05, 3.63) is 17.0 Å². The Bertz CT molecular complexity index is 369. The molecule has 1 atom stereocenters. The summed E-state index contributed by atoms with van der Waals surface area (Å²) < 4.78 is 1.98. The Hall–Kier alpha value is -0.870. The molecule has 0 radical (unpaired) electrons. The molecule has 0 bridgehead atoms. The third-order valence-electron chi connectivity index (χ3n) is 3.49. The number of piperazine rings is 1. The highest BCUT2D eigenvalue weighted by Gasteiger charge is 2.18. The van der Waals surface area contributed by atoms with Gasteiger partial charge in [-0.15, -0.1) is 0 Å². The fourth-order valence-electron chi connectivity index (χ4n) is 2.43. The molecule has 90 valence electrons. The maximum atomic E-state index is 4.47. The zero-order valence-electron chi connectivity index (χ0n) is 10.7. The number of hydrogen-bond donors (Lipinski definition) is 1. The smallest absolute Gasteiger partial charge is 0.0641 e. The summed E-state index contributed by atoms with van der Waals surface area (Å²) in [6, 6.07) is 0.603. The van der Waals surface area contributed by atoms with E-state index in [4.69, 9.17) is 0 Å². The number of nitrogens with one attached hydrogen (secondary N) is 1. The Morgan fingerprint density at radius 3 is 2.75 bits per heavy atom. The first-order valence-corrected chi connectivity index (χ1v) is 6.02. The van der Waals surface area contributed by atoms with Crippen LogP contribution in [0.2, 0.25) is 0 Å². The molecular weight excluding hydrogens is 200 g/mol. The van der Waals surface area contributed by atoms with Crippen molar-refractivity contribution in [2.24, 2.45) is 7.05 Å². The standard InChI is InChI=1S/C12H22N4/c1-9-7-16(6-5-13-9)8-12-10(2)14-15(4)11(12)3/h9,13H,5-8H2,1-4H3. The summed E-state index contributed by atoms with van der Waals surface area (Å²) in [4.78, 5) is 2.51. The topological polar surface area (TPSA) is 33.1 Å². The molecule has 1 unspecified atom stereocenters. The molecule has 1 saturated heterocycles. The fourth-order valence-corrected chi connectivity index (χ4v) is 2.43. The molecule has 16 heavy (non-hydrogen) atoms. The van der Waals surface area contributed by atoms with Gasteiger partial charge in [0.25, 0.3) is 0 Å². The van der Waals surface area contributed by atoms with Crippen molar-refractivity contribution in [2.45, 2.75) is 33.4 Å². The minimum absolute atomic E-state index is 0.603. The molecule has 0 aliphatic carbocycles. The zero-order valence-corrected chi connectivity index (χ0v) is 10.7. The third-order valence-corrected chi connectivity index (χ3v) is 3.49. The molecule has 2 heterocycles. The summed E-state index contributed by atoms with van der Waals surface area (Å²) in [5, 5.41) is 7.94. The molecule has 0 saturated carbocycles. The van der Waals surface area contributed by atoms with Gasteiger partial charge in [-0.2, -0.15) is 5.10 Å². The second-order valence-corrected chi connectivity index (χ2v) is 4.86. The van der Waals surface area contributed by atoms with Crippen molar-refractivity contribution in [3.63, 3.8) is 0 Å².